The third-order valence-electron chi connectivity index (χ3n) is 3.11. The molecule has 0 saturated heterocycles. The molecule has 2 aromatic heterocycles. The summed E-state index contributed by atoms with van der Waals surface area (Å²) >= 11 is 0. The van der Waals surface area contributed by atoms with Crippen LogP contribution in [0.15, 0.2) is 37.2 Å². The Kier molecular flexibility index (Phi) is 4.83. The molecule has 0 aliphatic heterocycles. The van der Waals surface area contributed by atoms with Gasteiger partial charge in [-0.2, -0.15) is 18.3 Å². The average molecular weight is 324 g/mol. The fourth-order valence-electron chi connectivity index (χ4n) is 1.93. The predicted octanol–water partition coefficient (Wildman–Crippen LogP) is 2.79. The number of nitrogens with one attached hydrogen (secondary N) is 1. The number of hydrogen-bond donors (Lipinski definition) is 1. The molecule has 0 aromatic carbocycles. The first-order valence-corrected chi connectivity index (χ1v) is 6.85. The van der Waals surface area contributed by atoms with Crippen molar-refractivity contribution < 1.29 is 18.0 Å². The molecule has 0 spiro atoms. The Morgan fingerprint density at radius 3 is 2.70 bits per heavy atom. The van der Waals surface area contributed by atoms with E-state index in [1.807, 2.05) is 0 Å². The van der Waals surface area contributed by atoms with Gasteiger partial charge in [0, 0.05) is 25.5 Å². The minimum atomic E-state index is -4.55. The Morgan fingerprint density at radius 1 is 1.43 bits per heavy atom. The van der Waals surface area contributed by atoms with Crippen molar-refractivity contribution in [2.45, 2.75) is 26.2 Å². The number of amides is 1. The summed E-state index contributed by atoms with van der Waals surface area (Å²) in [6.45, 7) is 5.58. The van der Waals surface area contributed by atoms with Gasteiger partial charge in [0.05, 0.1) is 11.3 Å². The smallest absolute Gasteiger partial charge is 0.348 e. The van der Waals surface area contributed by atoms with Crippen LogP contribution in [0, 0.1) is 0 Å². The van der Waals surface area contributed by atoms with E-state index in [0.717, 1.165) is 6.08 Å². The SMILES string of the molecule is C=CC(=O)NCc1ccc(-c2cn(CC)nc2C(F)(F)F)nc1. The quantitative estimate of drug-likeness (QED) is 0.861. The molecule has 2 heterocycles. The standard InChI is InChI=1S/C15H15F3N4O/c1-3-13(23)20-8-10-5-6-12(19-7-10)11-9-22(4-2)21-14(11)15(16,17)18/h3,5-7,9H,1,4,8H2,2H3,(H,20,23). The van der Waals surface area contributed by atoms with E-state index in [1.54, 1.807) is 13.0 Å². The van der Waals surface area contributed by atoms with E-state index < -0.39 is 11.9 Å². The molecular weight excluding hydrogens is 309 g/mol. The lowest BCUT2D eigenvalue weighted by atomic mass is 10.1. The highest BCUT2D eigenvalue weighted by Gasteiger charge is 2.37. The molecule has 1 amide bonds. The number of alkyl halides is 3. The van der Waals surface area contributed by atoms with Gasteiger partial charge >= 0.3 is 6.18 Å². The normalized spacial score (nSPS) is 11.3. The largest absolute Gasteiger partial charge is 0.435 e. The molecule has 5 nitrogen and oxygen atoms in total. The Morgan fingerprint density at radius 2 is 2.17 bits per heavy atom. The summed E-state index contributed by atoms with van der Waals surface area (Å²) < 4.78 is 40.4. The van der Waals surface area contributed by atoms with Gasteiger partial charge in [-0.25, -0.2) is 0 Å². The van der Waals surface area contributed by atoms with E-state index in [4.69, 9.17) is 0 Å². The Bertz CT molecular complexity index is 705. The highest BCUT2D eigenvalue weighted by Crippen LogP contribution is 2.35. The van der Waals surface area contributed by atoms with Crippen LogP contribution in [-0.4, -0.2) is 20.7 Å². The van der Waals surface area contributed by atoms with Crippen LogP contribution in [0.2, 0.25) is 0 Å². The number of halogens is 3. The van der Waals surface area contributed by atoms with E-state index >= 15 is 0 Å². The van der Waals surface area contributed by atoms with Gasteiger partial charge in [-0.3, -0.25) is 14.5 Å². The summed E-state index contributed by atoms with van der Waals surface area (Å²) in [5, 5.41) is 6.12. The minimum absolute atomic E-state index is 0.0685. The average Bonchev–Trinajstić information content (AvgIpc) is 2.97. The summed E-state index contributed by atoms with van der Waals surface area (Å²) in [6.07, 6.45) is -0.670. The van der Waals surface area contributed by atoms with Crippen LogP contribution in [0.25, 0.3) is 11.3 Å². The lowest BCUT2D eigenvalue weighted by Crippen LogP contribution is -2.19. The topological polar surface area (TPSA) is 59.8 Å². The van der Waals surface area contributed by atoms with Gasteiger partial charge < -0.3 is 5.32 Å². The molecule has 23 heavy (non-hydrogen) atoms. The molecular formula is C15H15F3N4O. The number of aryl methyl sites for hydroxylation is 1. The van der Waals surface area contributed by atoms with Crippen molar-refractivity contribution >= 4 is 5.91 Å². The van der Waals surface area contributed by atoms with Crippen molar-refractivity contribution in [1.82, 2.24) is 20.1 Å². The van der Waals surface area contributed by atoms with E-state index in [1.165, 1.54) is 23.1 Å². The number of carbonyl (C=O) groups is 1. The predicted molar refractivity (Wildman–Crippen MR) is 78.2 cm³/mol. The van der Waals surface area contributed by atoms with Crippen molar-refractivity contribution in [2.75, 3.05) is 0 Å². The number of aromatic nitrogens is 3. The monoisotopic (exact) mass is 324 g/mol. The second-order valence-electron chi connectivity index (χ2n) is 4.72. The second-order valence-corrected chi connectivity index (χ2v) is 4.72. The molecule has 0 aliphatic rings. The van der Waals surface area contributed by atoms with Crippen LogP contribution in [0.3, 0.4) is 0 Å². The van der Waals surface area contributed by atoms with Gasteiger partial charge in [-0.15, -0.1) is 0 Å². The number of pyridine rings is 1. The van der Waals surface area contributed by atoms with E-state index in [0.29, 0.717) is 12.1 Å². The van der Waals surface area contributed by atoms with Gasteiger partial charge in [0.2, 0.25) is 5.91 Å². The van der Waals surface area contributed by atoms with Gasteiger partial charge in [0.25, 0.3) is 0 Å². The highest BCUT2D eigenvalue weighted by molar-refractivity contribution is 5.86. The molecule has 2 rings (SSSR count). The maximum Gasteiger partial charge on any atom is 0.435 e. The minimum Gasteiger partial charge on any atom is -0.348 e. The van der Waals surface area contributed by atoms with Crippen molar-refractivity contribution in [1.29, 1.82) is 0 Å². The summed E-state index contributed by atoms with van der Waals surface area (Å²) in [5.41, 5.74) is -0.184. The molecule has 8 heteroatoms. The lowest BCUT2D eigenvalue weighted by Gasteiger charge is -2.07. The first-order chi connectivity index (χ1) is 10.8. The third kappa shape index (κ3) is 3.97. The number of hydrogen-bond acceptors (Lipinski definition) is 3. The lowest BCUT2D eigenvalue weighted by molar-refractivity contribution is -0.141. The summed E-state index contributed by atoms with van der Waals surface area (Å²) in [5.74, 6) is -0.336. The first-order valence-electron chi connectivity index (χ1n) is 6.85. The summed E-state index contributed by atoms with van der Waals surface area (Å²) in [4.78, 5) is 15.1. The van der Waals surface area contributed by atoms with Gasteiger partial charge in [0.1, 0.15) is 0 Å². The van der Waals surface area contributed by atoms with Gasteiger partial charge in [0.15, 0.2) is 5.69 Å². The zero-order valence-corrected chi connectivity index (χ0v) is 12.4. The maximum absolute atomic E-state index is 13.1. The zero-order valence-electron chi connectivity index (χ0n) is 12.4. The molecule has 2 aromatic rings. The molecule has 1 N–H and O–H groups in total. The molecule has 122 valence electrons. The molecule has 0 fully saturated rings. The molecule has 0 radical (unpaired) electrons. The second kappa shape index (κ2) is 6.64. The Hall–Kier alpha value is -2.64. The molecule has 0 aliphatic carbocycles. The highest BCUT2D eigenvalue weighted by atomic mass is 19.4. The van der Waals surface area contributed by atoms with Crippen LogP contribution < -0.4 is 5.32 Å². The fourth-order valence-corrected chi connectivity index (χ4v) is 1.93. The maximum atomic E-state index is 13.1. The van der Waals surface area contributed by atoms with E-state index in [9.17, 15) is 18.0 Å². The van der Waals surface area contributed by atoms with Crippen molar-refractivity contribution in [3.63, 3.8) is 0 Å². The number of nitrogens with zero attached hydrogens (tertiary/aromatic N) is 3. The van der Waals surface area contributed by atoms with Crippen LogP contribution in [0.5, 0.6) is 0 Å². The van der Waals surface area contributed by atoms with Gasteiger partial charge in [-0.1, -0.05) is 12.6 Å². The number of carbonyl (C=O) groups excluding carboxylic acids is 1. The molecule has 0 atom stereocenters. The zero-order chi connectivity index (χ0) is 17.0. The van der Waals surface area contributed by atoms with Crippen LogP contribution >= 0.6 is 0 Å². The Balaban J connectivity index is 2.27. The third-order valence-corrected chi connectivity index (χ3v) is 3.11. The molecule has 0 bridgehead atoms. The Labute approximate surface area is 130 Å². The molecule has 0 saturated carbocycles. The van der Waals surface area contributed by atoms with E-state index in [-0.39, 0.29) is 23.7 Å². The summed E-state index contributed by atoms with van der Waals surface area (Å²) in [7, 11) is 0. The van der Waals surface area contributed by atoms with Crippen LogP contribution in [0.4, 0.5) is 13.2 Å². The van der Waals surface area contributed by atoms with Crippen LogP contribution in [0.1, 0.15) is 18.2 Å². The van der Waals surface area contributed by atoms with Crippen molar-refractivity contribution in [3.05, 3.63) is 48.4 Å². The first kappa shape index (κ1) is 16.7. The van der Waals surface area contributed by atoms with Crippen molar-refractivity contribution in [2.24, 2.45) is 0 Å². The fraction of sp³-hybridized carbons (Fsp3) is 0.267. The van der Waals surface area contributed by atoms with Crippen LogP contribution in [-0.2, 0) is 24.1 Å². The van der Waals surface area contributed by atoms with E-state index in [2.05, 4.69) is 22.0 Å². The number of rotatable bonds is 5. The van der Waals surface area contributed by atoms with Gasteiger partial charge in [-0.05, 0) is 24.6 Å². The molecule has 0 unspecified atom stereocenters. The van der Waals surface area contributed by atoms with Crippen molar-refractivity contribution in [3.8, 4) is 11.3 Å². The summed E-state index contributed by atoms with van der Waals surface area (Å²) in [6, 6.07) is 3.08.